The van der Waals surface area contributed by atoms with Crippen molar-refractivity contribution in [2.75, 3.05) is 4.90 Å². The molecule has 2 aliphatic heterocycles. The van der Waals surface area contributed by atoms with Crippen LogP contribution in [0.15, 0.2) is 42.0 Å². The van der Waals surface area contributed by atoms with Crippen molar-refractivity contribution >= 4 is 30.9 Å². The fourth-order valence-electron chi connectivity index (χ4n) is 4.33. The van der Waals surface area contributed by atoms with E-state index in [1.807, 2.05) is 33.8 Å². The van der Waals surface area contributed by atoms with Crippen molar-refractivity contribution in [3.8, 4) is 0 Å². The molecule has 1 aromatic carbocycles. The number of rotatable bonds is 3. The Balaban J connectivity index is 1.73. The number of benzene rings is 1. The Morgan fingerprint density at radius 1 is 1.04 bits per heavy atom. The third kappa shape index (κ3) is 2.68. The topological polar surface area (TPSA) is 72.9 Å². The van der Waals surface area contributed by atoms with Crippen LogP contribution in [0.5, 0.6) is 0 Å². The van der Waals surface area contributed by atoms with Crippen molar-refractivity contribution < 1.29 is 23.7 Å². The summed E-state index contributed by atoms with van der Waals surface area (Å²) in [5.74, 6) is -2.33. The molecule has 146 valence electrons. The summed E-state index contributed by atoms with van der Waals surface area (Å²) in [5, 5.41) is 0. The fourth-order valence-corrected chi connectivity index (χ4v) is 4.33. The Morgan fingerprint density at radius 2 is 1.64 bits per heavy atom. The minimum absolute atomic E-state index is 0.232. The molecule has 4 rings (SSSR count). The zero-order valence-corrected chi connectivity index (χ0v) is 16.5. The van der Waals surface area contributed by atoms with E-state index in [0.717, 1.165) is 6.29 Å². The monoisotopic (exact) mass is 381 g/mol. The molecule has 6 nitrogen and oxygen atoms in total. The molecule has 2 saturated heterocycles. The second-order valence-corrected chi connectivity index (χ2v) is 8.69. The molecule has 3 atom stereocenters. The molecule has 0 bridgehead atoms. The van der Waals surface area contributed by atoms with Crippen molar-refractivity contribution in [3.63, 3.8) is 0 Å². The van der Waals surface area contributed by atoms with Gasteiger partial charge in [0.1, 0.15) is 6.29 Å². The van der Waals surface area contributed by atoms with E-state index in [-0.39, 0.29) is 11.8 Å². The van der Waals surface area contributed by atoms with Gasteiger partial charge >= 0.3 is 7.12 Å². The quantitative estimate of drug-likeness (QED) is 0.457. The average Bonchev–Trinajstić information content (AvgIpc) is 3.03. The number of imide groups is 1. The highest BCUT2D eigenvalue weighted by Gasteiger charge is 2.62. The highest BCUT2D eigenvalue weighted by Crippen LogP contribution is 2.51. The second kappa shape index (κ2) is 6.39. The molecule has 3 aliphatic rings. The lowest BCUT2D eigenvalue weighted by atomic mass is 9.56. The summed E-state index contributed by atoms with van der Waals surface area (Å²) in [4.78, 5) is 39.5. The maximum Gasteiger partial charge on any atom is 0.466 e. The number of hydrogen-bond acceptors (Lipinski definition) is 5. The Kier molecular flexibility index (Phi) is 4.36. The van der Waals surface area contributed by atoms with Crippen molar-refractivity contribution in [1.29, 1.82) is 0 Å². The van der Waals surface area contributed by atoms with Crippen LogP contribution in [0.3, 0.4) is 0 Å². The largest absolute Gasteiger partial charge is 0.466 e. The number of anilines is 1. The zero-order valence-electron chi connectivity index (χ0n) is 16.5. The van der Waals surface area contributed by atoms with E-state index < -0.39 is 36.0 Å². The number of hydrogen-bond donors (Lipinski definition) is 0. The lowest BCUT2D eigenvalue weighted by molar-refractivity contribution is -0.122. The first-order valence-electron chi connectivity index (χ1n) is 9.61. The molecule has 0 unspecified atom stereocenters. The summed E-state index contributed by atoms with van der Waals surface area (Å²) >= 11 is 0. The maximum absolute atomic E-state index is 13.4. The van der Waals surface area contributed by atoms with Gasteiger partial charge in [-0.15, -0.1) is 0 Å². The molecule has 0 aromatic heterocycles. The van der Waals surface area contributed by atoms with Crippen LogP contribution in [-0.4, -0.2) is 36.4 Å². The van der Waals surface area contributed by atoms with Gasteiger partial charge in [-0.2, -0.15) is 0 Å². The third-order valence-corrected chi connectivity index (χ3v) is 6.57. The van der Waals surface area contributed by atoms with Crippen LogP contribution in [0, 0.1) is 11.8 Å². The van der Waals surface area contributed by atoms with Crippen LogP contribution in [0.25, 0.3) is 0 Å². The number of carbonyl (C=O) groups excluding carboxylic acids is 3. The van der Waals surface area contributed by atoms with E-state index in [1.165, 1.54) is 4.90 Å². The Hall–Kier alpha value is -2.25. The number of fused-ring (bicyclic) bond motifs is 1. The van der Waals surface area contributed by atoms with Gasteiger partial charge in [0, 0.05) is 5.82 Å². The standard InChI is InChI=1S/C21H24BNO5/c1-20(2)21(3,4)28-22(27-20)17-13(12-24)10-11-15-16(17)19(26)23(18(15)25)14-8-6-5-7-9-14/h5-10,12,15-17H,11H2,1-4H3/t15-,16-,17-/m1/s1. The summed E-state index contributed by atoms with van der Waals surface area (Å²) in [6.07, 6.45) is 2.88. The van der Waals surface area contributed by atoms with Crippen molar-refractivity contribution in [3.05, 3.63) is 42.0 Å². The predicted octanol–water partition coefficient (Wildman–Crippen LogP) is 2.78. The van der Waals surface area contributed by atoms with Gasteiger partial charge in [0.15, 0.2) is 0 Å². The van der Waals surface area contributed by atoms with E-state index in [1.54, 1.807) is 30.3 Å². The predicted molar refractivity (Wildman–Crippen MR) is 105 cm³/mol. The Labute approximate surface area is 165 Å². The molecule has 0 saturated carbocycles. The first kappa shape index (κ1) is 19.1. The van der Waals surface area contributed by atoms with E-state index >= 15 is 0 Å². The molecule has 0 N–H and O–H groups in total. The zero-order chi connectivity index (χ0) is 20.3. The number of para-hydroxylation sites is 1. The van der Waals surface area contributed by atoms with E-state index in [4.69, 9.17) is 9.31 Å². The van der Waals surface area contributed by atoms with E-state index in [2.05, 4.69) is 0 Å². The van der Waals surface area contributed by atoms with Gasteiger partial charge in [-0.3, -0.25) is 19.3 Å². The van der Waals surface area contributed by atoms with E-state index in [9.17, 15) is 14.4 Å². The van der Waals surface area contributed by atoms with Crippen LogP contribution in [0.1, 0.15) is 34.1 Å². The summed E-state index contributed by atoms with van der Waals surface area (Å²) in [6.45, 7) is 7.70. The number of nitrogens with zero attached hydrogens (tertiary/aromatic N) is 1. The second-order valence-electron chi connectivity index (χ2n) is 8.69. The molecule has 28 heavy (non-hydrogen) atoms. The van der Waals surface area contributed by atoms with Crippen molar-refractivity contribution in [2.24, 2.45) is 11.8 Å². The molecule has 7 heteroatoms. The van der Waals surface area contributed by atoms with Gasteiger partial charge in [-0.1, -0.05) is 24.3 Å². The minimum Gasteiger partial charge on any atom is -0.403 e. The smallest absolute Gasteiger partial charge is 0.403 e. The average molecular weight is 381 g/mol. The summed E-state index contributed by atoms with van der Waals surface area (Å²) < 4.78 is 12.3. The molecule has 2 fully saturated rings. The van der Waals surface area contributed by atoms with Gasteiger partial charge in [-0.25, -0.2) is 0 Å². The van der Waals surface area contributed by atoms with Crippen LogP contribution in [0.4, 0.5) is 5.69 Å². The highest BCUT2D eigenvalue weighted by atomic mass is 16.7. The number of allylic oxidation sites excluding steroid dienone is 2. The first-order chi connectivity index (χ1) is 13.2. The highest BCUT2D eigenvalue weighted by molar-refractivity contribution is 6.50. The van der Waals surface area contributed by atoms with Crippen LogP contribution >= 0.6 is 0 Å². The molecular formula is C21H24BNO5. The summed E-state index contributed by atoms with van der Waals surface area (Å²) in [5.41, 5.74) is -0.171. The van der Waals surface area contributed by atoms with E-state index in [0.29, 0.717) is 17.7 Å². The molecule has 2 heterocycles. The van der Waals surface area contributed by atoms with Crippen molar-refractivity contribution in [2.45, 2.75) is 51.1 Å². The van der Waals surface area contributed by atoms with Gasteiger partial charge in [0.25, 0.3) is 0 Å². The summed E-state index contributed by atoms with van der Waals surface area (Å²) in [7, 11) is -0.762. The normalized spacial score (nSPS) is 31.0. The molecule has 1 aromatic rings. The van der Waals surface area contributed by atoms with Crippen LogP contribution in [-0.2, 0) is 23.7 Å². The Bertz CT molecular complexity index is 847. The van der Waals surface area contributed by atoms with Gasteiger partial charge in [0.05, 0.1) is 28.7 Å². The van der Waals surface area contributed by atoms with Crippen molar-refractivity contribution in [1.82, 2.24) is 0 Å². The van der Waals surface area contributed by atoms with Crippen LogP contribution in [0.2, 0.25) is 5.82 Å². The van der Waals surface area contributed by atoms with Gasteiger partial charge in [0.2, 0.25) is 11.8 Å². The van der Waals surface area contributed by atoms with Crippen LogP contribution < -0.4 is 4.90 Å². The minimum atomic E-state index is -0.762. The third-order valence-electron chi connectivity index (χ3n) is 6.57. The molecule has 0 radical (unpaired) electrons. The maximum atomic E-state index is 13.4. The SMILES string of the molecule is CC1(C)OB([C@@H]2C(C=O)=CC[C@H]3C(=O)N(c4ccccc4)C(=O)[C@@H]23)OC1(C)C. The Morgan fingerprint density at radius 3 is 2.21 bits per heavy atom. The first-order valence-corrected chi connectivity index (χ1v) is 9.61. The lowest BCUT2D eigenvalue weighted by Crippen LogP contribution is -2.41. The molecule has 1 aliphatic carbocycles. The molecule has 0 spiro atoms. The number of amides is 2. The molecule has 2 amide bonds. The number of aldehydes is 1. The molecular weight excluding hydrogens is 357 g/mol. The number of carbonyl (C=O) groups is 3. The van der Waals surface area contributed by atoms with Gasteiger partial charge < -0.3 is 9.31 Å². The summed E-state index contributed by atoms with van der Waals surface area (Å²) in [6, 6.07) is 8.90. The fraction of sp³-hybridized carbons (Fsp3) is 0.476. The van der Waals surface area contributed by atoms with Gasteiger partial charge in [-0.05, 0) is 51.8 Å². The lowest BCUT2D eigenvalue weighted by Gasteiger charge is -2.32.